The minimum absolute atomic E-state index is 0.281. The molecule has 1 unspecified atom stereocenters. The molecular formula is C27H38N8O2. The lowest BCUT2D eigenvalue weighted by atomic mass is 10.1. The molecule has 0 spiro atoms. The van der Waals surface area contributed by atoms with E-state index in [-0.39, 0.29) is 6.10 Å². The number of aliphatic hydroxyl groups is 2. The van der Waals surface area contributed by atoms with Gasteiger partial charge in [-0.2, -0.15) is 0 Å². The Bertz CT molecular complexity index is 1170. The number of fused-ring (bicyclic) bond motifs is 1. The Morgan fingerprint density at radius 2 is 1.65 bits per heavy atom. The van der Waals surface area contributed by atoms with Gasteiger partial charge in [-0.15, -0.1) is 0 Å². The normalized spacial score (nSPS) is 19.2. The second kappa shape index (κ2) is 11.6. The number of hydrogen-bond acceptors (Lipinski definition) is 10. The fourth-order valence-electron chi connectivity index (χ4n) is 5.11. The maximum atomic E-state index is 10.2. The Kier molecular flexibility index (Phi) is 8.09. The second-order valence-electron chi connectivity index (χ2n) is 10.3. The van der Waals surface area contributed by atoms with E-state index >= 15 is 0 Å². The van der Waals surface area contributed by atoms with Crippen LogP contribution >= 0.6 is 0 Å². The van der Waals surface area contributed by atoms with Crippen molar-refractivity contribution >= 4 is 28.5 Å². The van der Waals surface area contributed by atoms with Crippen LogP contribution in [0, 0.1) is 0 Å². The number of nitrogens with one attached hydrogen (secondary N) is 1. The Morgan fingerprint density at radius 1 is 0.892 bits per heavy atom. The van der Waals surface area contributed by atoms with Gasteiger partial charge in [-0.05, 0) is 50.8 Å². The van der Waals surface area contributed by atoms with Crippen molar-refractivity contribution in [2.45, 2.75) is 51.9 Å². The van der Waals surface area contributed by atoms with Crippen LogP contribution in [0.1, 0.15) is 50.5 Å². The predicted molar refractivity (Wildman–Crippen MR) is 145 cm³/mol. The minimum atomic E-state index is -0.651. The van der Waals surface area contributed by atoms with Gasteiger partial charge in [-0.25, -0.2) is 19.9 Å². The van der Waals surface area contributed by atoms with Crippen LogP contribution in [0.3, 0.4) is 0 Å². The first kappa shape index (κ1) is 25.7. The molecule has 5 rings (SSSR count). The Labute approximate surface area is 218 Å². The molecule has 0 bridgehead atoms. The number of hydrogen-bond donors (Lipinski definition) is 3. The van der Waals surface area contributed by atoms with Crippen LogP contribution in [0.2, 0.25) is 0 Å². The van der Waals surface area contributed by atoms with Crippen molar-refractivity contribution in [1.82, 2.24) is 29.7 Å². The van der Waals surface area contributed by atoms with Crippen LogP contribution in [0.5, 0.6) is 0 Å². The molecule has 0 radical (unpaired) electrons. The van der Waals surface area contributed by atoms with E-state index in [0.717, 1.165) is 87.5 Å². The summed E-state index contributed by atoms with van der Waals surface area (Å²) < 4.78 is 0. The van der Waals surface area contributed by atoms with Gasteiger partial charge in [-0.3, -0.25) is 9.80 Å². The van der Waals surface area contributed by atoms with E-state index in [1.54, 1.807) is 13.1 Å². The first-order chi connectivity index (χ1) is 17.9. The van der Waals surface area contributed by atoms with Crippen LogP contribution in [0.15, 0.2) is 30.6 Å². The van der Waals surface area contributed by atoms with E-state index in [0.29, 0.717) is 17.5 Å². The molecule has 37 heavy (non-hydrogen) atoms. The van der Waals surface area contributed by atoms with Crippen LogP contribution in [-0.4, -0.2) is 91.9 Å². The lowest BCUT2D eigenvalue weighted by Gasteiger charge is -2.35. The fourth-order valence-corrected chi connectivity index (χ4v) is 5.11. The van der Waals surface area contributed by atoms with Gasteiger partial charge in [-0.1, -0.05) is 6.07 Å². The van der Waals surface area contributed by atoms with E-state index in [2.05, 4.69) is 36.1 Å². The molecule has 2 aliphatic heterocycles. The lowest BCUT2D eigenvalue weighted by Crippen LogP contribution is -2.47. The Morgan fingerprint density at radius 3 is 2.32 bits per heavy atom. The lowest BCUT2D eigenvalue weighted by molar-refractivity contribution is 0.0780. The van der Waals surface area contributed by atoms with Crippen LogP contribution in [0.25, 0.3) is 10.9 Å². The highest BCUT2D eigenvalue weighted by molar-refractivity contribution is 5.89. The number of aromatic nitrogens is 4. The summed E-state index contributed by atoms with van der Waals surface area (Å²) in [5.41, 5.74) is 2.59. The van der Waals surface area contributed by atoms with Crippen molar-refractivity contribution in [2.24, 2.45) is 0 Å². The molecular weight excluding hydrogens is 468 g/mol. The predicted octanol–water partition coefficient (Wildman–Crippen LogP) is 2.71. The van der Waals surface area contributed by atoms with Crippen molar-refractivity contribution < 1.29 is 10.2 Å². The van der Waals surface area contributed by atoms with Crippen molar-refractivity contribution in [3.63, 3.8) is 0 Å². The molecule has 3 aromatic heterocycles. The molecule has 5 heterocycles. The Hall–Kier alpha value is -2.92. The number of nitrogens with zero attached hydrogens (tertiary/aromatic N) is 7. The standard InChI is InChI=1S/C27H38N8O2/c1-19(36)17-33-10-12-34(13-11-33)18-21-6-7-24(28-15-21)31-27-29-16-22-14-23(20(2)37)30-26(25(22)32-27)35-8-4-3-5-9-35/h6-7,14-16,19-20,36-37H,3-5,8-13,17-18H2,1-2H3,(H,28,29,31,32)/t19?,20-/m1/s1. The molecule has 0 amide bonds. The molecule has 0 aromatic carbocycles. The molecule has 10 nitrogen and oxygen atoms in total. The molecule has 0 aliphatic carbocycles. The van der Waals surface area contributed by atoms with Crippen LogP contribution in [-0.2, 0) is 6.54 Å². The monoisotopic (exact) mass is 506 g/mol. The zero-order chi connectivity index (χ0) is 25.8. The highest BCUT2D eigenvalue weighted by Gasteiger charge is 2.20. The molecule has 2 aliphatic rings. The molecule has 0 saturated carbocycles. The van der Waals surface area contributed by atoms with Gasteiger partial charge >= 0.3 is 0 Å². The largest absolute Gasteiger partial charge is 0.392 e. The van der Waals surface area contributed by atoms with Gasteiger partial charge in [0, 0.05) is 70.1 Å². The maximum Gasteiger partial charge on any atom is 0.229 e. The number of rotatable bonds is 8. The molecule has 3 N–H and O–H groups in total. The SMILES string of the molecule is CC(O)CN1CCN(Cc2ccc(Nc3ncc4cc([C@@H](C)O)nc(N5CCCCC5)c4n3)nc2)CC1. The van der Waals surface area contributed by atoms with Crippen molar-refractivity contribution in [3.8, 4) is 0 Å². The zero-order valence-corrected chi connectivity index (χ0v) is 21.8. The smallest absolute Gasteiger partial charge is 0.229 e. The fraction of sp³-hybridized carbons (Fsp3) is 0.556. The number of piperidine rings is 1. The van der Waals surface area contributed by atoms with E-state index in [1.165, 1.54) is 6.42 Å². The van der Waals surface area contributed by atoms with E-state index in [4.69, 9.17) is 9.97 Å². The summed E-state index contributed by atoms with van der Waals surface area (Å²) in [6, 6.07) is 5.93. The molecule has 198 valence electrons. The highest BCUT2D eigenvalue weighted by atomic mass is 16.3. The summed E-state index contributed by atoms with van der Waals surface area (Å²) in [5, 5.41) is 23.9. The van der Waals surface area contributed by atoms with E-state index in [1.807, 2.05) is 25.3 Å². The third kappa shape index (κ3) is 6.51. The number of aliphatic hydroxyl groups excluding tert-OH is 2. The summed E-state index contributed by atoms with van der Waals surface area (Å²) in [7, 11) is 0. The van der Waals surface area contributed by atoms with Gasteiger partial charge in [0.15, 0.2) is 5.82 Å². The molecule has 10 heteroatoms. The number of anilines is 3. The topological polar surface area (TPSA) is 114 Å². The van der Waals surface area contributed by atoms with Crippen molar-refractivity contribution in [2.75, 3.05) is 56.0 Å². The van der Waals surface area contributed by atoms with Crippen molar-refractivity contribution in [1.29, 1.82) is 0 Å². The summed E-state index contributed by atoms with van der Waals surface area (Å²) in [6.45, 7) is 11.0. The summed E-state index contributed by atoms with van der Waals surface area (Å²) in [4.78, 5) is 25.7. The van der Waals surface area contributed by atoms with E-state index in [9.17, 15) is 10.2 Å². The molecule has 2 saturated heterocycles. The highest BCUT2D eigenvalue weighted by Crippen LogP contribution is 2.29. The second-order valence-corrected chi connectivity index (χ2v) is 10.3. The number of pyridine rings is 2. The average Bonchev–Trinajstić information content (AvgIpc) is 2.90. The van der Waals surface area contributed by atoms with Gasteiger partial charge in [0.05, 0.1) is 17.9 Å². The quantitative estimate of drug-likeness (QED) is 0.421. The first-order valence-corrected chi connectivity index (χ1v) is 13.4. The molecule has 2 atom stereocenters. The Balaban J connectivity index is 1.27. The van der Waals surface area contributed by atoms with E-state index < -0.39 is 6.10 Å². The first-order valence-electron chi connectivity index (χ1n) is 13.4. The van der Waals surface area contributed by atoms with Crippen LogP contribution < -0.4 is 10.2 Å². The maximum absolute atomic E-state index is 10.2. The van der Waals surface area contributed by atoms with Gasteiger partial charge in [0.1, 0.15) is 11.3 Å². The van der Waals surface area contributed by atoms with Crippen molar-refractivity contribution in [3.05, 3.63) is 41.9 Å². The summed E-state index contributed by atoms with van der Waals surface area (Å²) >= 11 is 0. The van der Waals surface area contributed by atoms with Gasteiger partial charge in [0.2, 0.25) is 5.95 Å². The van der Waals surface area contributed by atoms with Gasteiger partial charge < -0.3 is 20.4 Å². The van der Waals surface area contributed by atoms with Gasteiger partial charge in [0.25, 0.3) is 0 Å². The van der Waals surface area contributed by atoms with Crippen LogP contribution in [0.4, 0.5) is 17.6 Å². The molecule has 3 aromatic rings. The zero-order valence-electron chi connectivity index (χ0n) is 21.8. The third-order valence-corrected chi connectivity index (χ3v) is 7.11. The minimum Gasteiger partial charge on any atom is -0.392 e. The third-order valence-electron chi connectivity index (χ3n) is 7.11. The number of β-amino-alcohol motifs (C(OH)–C–C–N with tert-alkyl or cyclic N) is 1. The average molecular weight is 507 g/mol. The molecule has 2 fully saturated rings. The summed E-state index contributed by atoms with van der Waals surface area (Å²) in [5.74, 6) is 1.99. The summed E-state index contributed by atoms with van der Waals surface area (Å²) in [6.07, 6.45) is 6.25. The number of piperazine rings is 1.